The van der Waals surface area contributed by atoms with Crippen LogP contribution in [0.3, 0.4) is 0 Å². The maximum absolute atomic E-state index is 12.2. The van der Waals surface area contributed by atoms with E-state index in [9.17, 15) is 10.2 Å². The number of amidine groups is 1. The van der Waals surface area contributed by atoms with Crippen molar-refractivity contribution < 1.29 is 9.53 Å². The molecule has 2 N–H and O–H groups in total. The van der Waals surface area contributed by atoms with E-state index in [0.29, 0.717) is 31.4 Å². The van der Waals surface area contributed by atoms with Gasteiger partial charge in [0.2, 0.25) is 5.91 Å². The van der Waals surface area contributed by atoms with Gasteiger partial charge in [-0.1, -0.05) is 13.0 Å². The predicted octanol–water partition coefficient (Wildman–Crippen LogP) is 3.26. The third-order valence-electron chi connectivity index (χ3n) is 7.33. The monoisotopic (exact) mass is 462 g/mol. The van der Waals surface area contributed by atoms with Crippen LogP contribution in [0, 0.1) is 5.41 Å². The van der Waals surface area contributed by atoms with Crippen molar-refractivity contribution in [3.63, 3.8) is 0 Å². The highest BCUT2D eigenvalue weighted by molar-refractivity contribution is 6.09. The molecule has 0 spiro atoms. The molecule has 1 amide bonds. The van der Waals surface area contributed by atoms with Crippen LogP contribution in [-0.4, -0.2) is 65.3 Å². The molecule has 0 aliphatic carbocycles. The summed E-state index contributed by atoms with van der Waals surface area (Å²) in [5.74, 6) is 0.968. The first kappa shape index (κ1) is 22.7. The fourth-order valence-corrected chi connectivity index (χ4v) is 5.24. The number of anilines is 1. The molecule has 3 aliphatic rings. The van der Waals surface area contributed by atoms with Crippen LogP contribution in [-0.2, 0) is 16.6 Å². The summed E-state index contributed by atoms with van der Waals surface area (Å²) in [5, 5.41) is 17.2. The Balaban J connectivity index is 1.48. The zero-order chi connectivity index (χ0) is 23.8. The predicted molar refractivity (Wildman–Crippen MR) is 133 cm³/mol. The maximum atomic E-state index is 12.2. The zero-order valence-corrected chi connectivity index (χ0v) is 20.3. The molecule has 2 atom stereocenters. The van der Waals surface area contributed by atoms with E-state index in [2.05, 4.69) is 40.4 Å². The minimum Gasteiger partial charge on any atom is -0.383 e. The van der Waals surface area contributed by atoms with Crippen LogP contribution < -0.4 is 10.2 Å². The Hall–Kier alpha value is -3.13. The number of benzene rings is 1. The SMILES string of the molecule is CC(=O)N1CCC(N[C@H]2CCOC2)=C(C(=N)N2CCC(C)c3cc(-c4cnn(C)c4)ccc32)C1. The largest absolute Gasteiger partial charge is 0.383 e. The molecular weight excluding hydrogens is 428 g/mol. The van der Waals surface area contributed by atoms with Crippen molar-refractivity contribution in [2.45, 2.75) is 45.1 Å². The molecule has 3 aliphatic heterocycles. The number of nitrogens with one attached hydrogen (secondary N) is 2. The van der Waals surface area contributed by atoms with Crippen molar-refractivity contribution in [2.75, 3.05) is 37.7 Å². The van der Waals surface area contributed by atoms with Crippen molar-refractivity contribution >= 4 is 17.4 Å². The van der Waals surface area contributed by atoms with Crippen molar-refractivity contribution in [1.29, 1.82) is 5.41 Å². The summed E-state index contributed by atoms with van der Waals surface area (Å²) in [6, 6.07) is 6.80. The molecule has 34 heavy (non-hydrogen) atoms. The maximum Gasteiger partial charge on any atom is 0.219 e. The molecule has 2 aromatic rings. The van der Waals surface area contributed by atoms with Gasteiger partial charge in [-0.05, 0) is 42.0 Å². The van der Waals surface area contributed by atoms with Gasteiger partial charge in [0.1, 0.15) is 5.84 Å². The molecule has 4 heterocycles. The first-order chi connectivity index (χ1) is 16.4. The molecule has 0 bridgehead atoms. The van der Waals surface area contributed by atoms with Crippen LogP contribution in [0.5, 0.6) is 0 Å². The van der Waals surface area contributed by atoms with E-state index in [-0.39, 0.29) is 11.9 Å². The Labute approximate surface area is 201 Å². The van der Waals surface area contributed by atoms with Crippen molar-refractivity contribution in [3.05, 3.63) is 47.4 Å². The molecular formula is C26H34N6O2. The standard InChI is InChI=1S/C26H34N6O2/c1-17-6-10-32(25-5-4-19(12-22(17)25)20-13-28-30(3)14-20)26(27)23-15-31(18(2)33)9-7-24(23)29-21-8-11-34-16-21/h4-5,12-14,17,21,27,29H,6-11,15-16H2,1-3H3/t17?,21-/m0/s1. The normalized spacial score (nSPS) is 22.7. The number of carbonyl (C=O) groups is 1. The van der Waals surface area contributed by atoms with Crippen LogP contribution >= 0.6 is 0 Å². The van der Waals surface area contributed by atoms with Gasteiger partial charge >= 0.3 is 0 Å². The van der Waals surface area contributed by atoms with E-state index in [0.717, 1.165) is 60.5 Å². The van der Waals surface area contributed by atoms with Crippen molar-refractivity contribution in [2.24, 2.45) is 7.05 Å². The number of hydrogen-bond acceptors (Lipinski definition) is 5. The molecule has 1 saturated heterocycles. The van der Waals surface area contributed by atoms with Crippen LogP contribution in [0.25, 0.3) is 11.1 Å². The Bertz CT molecular complexity index is 1130. The summed E-state index contributed by atoms with van der Waals surface area (Å²) in [7, 11) is 1.93. The lowest BCUT2D eigenvalue weighted by Crippen LogP contribution is -2.46. The van der Waals surface area contributed by atoms with Crippen LogP contribution in [0.15, 0.2) is 41.9 Å². The van der Waals surface area contributed by atoms with Gasteiger partial charge in [0, 0.05) is 68.8 Å². The van der Waals surface area contributed by atoms with Gasteiger partial charge in [0.15, 0.2) is 0 Å². The lowest BCUT2D eigenvalue weighted by atomic mass is 9.88. The average molecular weight is 463 g/mol. The average Bonchev–Trinajstić information content (AvgIpc) is 3.51. The first-order valence-electron chi connectivity index (χ1n) is 12.2. The van der Waals surface area contributed by atoms with Crippen molar-refractivity contribution in [3.8, 4) is 11.1 Å². The third kappa shape index (κ3) is 4.34. The lowest BCUT2D eigenvalue weighted by Gasteiger charge is -2.39. The number of fused-ring (bicyclic) bond motifs is 1. The Morgan fingerprint density at radius 2 is 2.09 bits per heavy atom. The van der Waals surface area contributed by atoms with Crippen LogP contribution in [0.2, 0.25) is 0 Å². The minimum atomic E-state index is 0.0577. The number of nitrogens with zero attached hydrogens (tertiary/aromatic N) is 4. The number of aryl methyl sites for hydroxylation is 1. The van der Waals surface area contributed by atoms with Gasteiger partial charge < -0.3 is 19.9 Å². The summed E-state index contributed by atoms with van der Waals surface area (Å²) < 4.78 is 7.38. The van der Waals surface area contributed by atoms with E-state index < -0.39 is 0 Å². The quantitative estimate of drug-likeness (QED) is 0.538. The fourth-order valence-electron chi connectivity index (χ4n) is 5.24. The molecule has 1 aromatic carbocycles. The molecule has 5 rings (SSSR count). The van der Waals surface area contributed by atoms with Crippen molar-refractivity contribution in [1.82, 2.24) is 20.0 Å². The Morgan fingerprint density at radius 1 is 1.24 bits per heavy atom. The number of aromatic nitrogens is 2. The third-order valence-corrected chi connectivity index (χ3v) is 7.33. The summed E-state index contributed by atoms with van der Waals surface area (Å²) in [4.78, 5) is 16.2. The molecule has 8 nitrogen and oxygen atoms in total. The van der Waals surface area contributed by atoms with Crippen LogP contribution in [0.4, 0.5) is 5.69 Å². The minimum absolute atomic E-state index is 0.0577. The molecule has 1 aromatic heterocycles. The van der Waals surface area contributed by atoms with Gasteiger partial charge in [-0.25, -0.2) is 0 Å². The second kappa shape index (κ2) is 9.25. The van der Waals surface area contributed by atoms with Gasteiger partial charge in [0.05, 0.1) is 25.4 Å². The van der Waals surface area contributed by atoms with Crippen LogP contribution in [0.1, 0.15) is 44.6 Å². The van der Waals surface area contributed by atoms with E-state index in [1.807, 2.05) is 29.0 Å². The molecule has 8 heteroatoms. The summed E-state index contributed by atoms with van der Waals surface area (Å²) in [6.45, 7) is 7.29. The lowest BCUT2D eigenvalue weighted by molar-refractivity contribution is -0.128. The zero-order valence-electron chi connectivity index (χ0n) is 20.3. The molecule has 180 valence electrons. The van der Waals surface area contributed by atoms with E-state index in [1.165, 1.54) is 5.56 Å². The second-order valence-corrected chi connectivity index (χ2v) is 9.72. The number of amides is 1. The summed E-state index contributed by atoms with van der Waals surface area (Å²) in [5.41, 5.74) is 6.61. The van der Waals surface area contributed by atoms with Gasteiger partial charge in [0.25, 0.3) is 0 Å². The Morgan fingerprint density at radius 3 is 2.79 bits per heavy atom. The molecule has 0 saturated carbocycles. The van der Waals surface area contributed by atoms with E-state index in [4.69, 9.17) is 4.74 Å². The smallest absolute Gasteiger partial charge is 0.219 e. The molecule has 1 fully saturated rings. The highest BCUT2D eigenvalue weighted by atomic mass is 16.5. The highest BCUT2D eigenvalue weighted by Crippen LogP contribution is 2.39. The fraction of sp³-hybridized carbons (Fsp3) is 0.500. The topological polar surface area (TPSA) is 86.5 Å². The van der Waals surface area contributed by atoms with Gasteiger partial charge in [-0.3, -0.25) is 14.9 Å². The number of hydrogen-bond donors (Lipinski definition) is 2. The number of ether oxygens (including phenoxy) is 1. The second-order valence-electron chi connectivity index (χ2n) is 9.72. The molecule has 1 unspecified atom stereocenters. The summed E-state index contributed by atoms with van der Waals surface area (Å²) in [6.07, 6.45) is 6.62. The Kier molecular flexibility index (Phi) is 6.16. The van der Waals surface area contributed by atoms with E-state index >= 15 is 0 Å². The first-order valence-corrected chi connectivity index (χ1v) is 12.2. The van der Waals surface area contributed by atoms with Gasteiger partial charge in [-0.15, -0.1) is 0 Å². The van der Waals surface area contributed by atoms with E-state index in [1.54, 1.807) is 6.92 Å². The van der Waals surface area contributed by atoms with Gasteiger partial charge in [-0.2, -0.15) is 5.10 Å². The summed E-state index contributed by atoms with van der Waals surface area (Å²) >= 11 is 0. The molecule has 0 radical (unpaired) electrons. The highest BCUT2D eigenvalue weighted by Gasteiger charge is 2.32. The number of rotatable bonds is 4. The number of carbonyl (C=O) groups excluding carboxylic acids is 1.